The third-order valence-electron chi connectivity index (χ3n) is 1.54. The van der Waals surface area contributed by atoms with E-state index in [9.17, 15) is 9.59 Å². The minimum absolute atomic E-state index is 0.398. The average Bonchev–Trinajstić information content (AvgIpc) is 2.17. The summed E-state index contributed by atoms with van der Waals surface area (Å²) in [5.74, 6) is -1.07. The van der Waals surface area contributed by atoms with Crippen LogP contribution in [0, 0.1) is 0 Å². The molecule has 0 spiro atoms. The number of carbonyl (C=O) groups is 2. The minimum Gasteiger partial charge on any atom is -0.386 e. The Morgan fingerprint density at radius 1 is 1.45 bits per heavy atom. The van der Waals surface area contributed by atoms with Gasteiger partial charge < -0.3 is 4.74 Å². The van der Waals surface area contributed by atoms with Crippen molar-refractivity contribution in [1.82, 2.24) is 0 Å². The number of ether oxygens (including phenoxy) is 1. The number of esters is 2. The molecule has 0 aliphatic carbocycles. The average molecular weight is 152 g/mol. The fourth-order valence-electron chi connectivity index (χ4n) is 0.879. The number of carbonyl (C=O) groups excluding carboxylic acids is 2. The van der Waals surface area contributed by atoms with Crippen LogP contribution >= 0.6 is 0 Å². The largest absolute Gasteiger partial charge is 0.386 e. The molecule has 0 amide bonds. The van der Waals surface area contributed by atoms with Crippen LogP contribution in [-0.4, -0.2) is 11.9 Å². The van der Waals surface area contributed by atoms with Crippen LogP contribution in [0.25, 0.3) is 0 Å². The molecular weight excluding hydrogens is 144 g/mol. The van der Waals surface area contributed by atoms with Gasteiger partial charge in [-0.3, -0.25) is 0 Å². The lowest BCUT2D eigenvalue weighted by atomic mass is 10.1. The third kappa shape index (κ3) is 1.22. The fraction of sp³-hybridized carbons (Fsp3) is 0.250. The molecule has 0 aromatic heterocycles. The van der Waals surface area contributed by atoms with E-state index in [4.69, 9.17) is 0 Å². The maximum absolute atomic E-state index is 10.8. The second kappa shape index (κ2) is 2.70. The van der Waals surface area contributed by atoms with Crippen molar-refractivity contribution in [3.05, 3.63) is 23.8 Å². The van der Waals surface area contributed by atoms with Crippen LogP contribution in [0.15, 0.2) is 23.8 Å². The zero-order valence-electron chi connectivity index (χ0n) is 6.22. The Hall–Kier alpha value is -1.38. The first-order valence-corrected chi connectivity index (χ1v) is 3.24. The molecule has 1 heterocycles. The Morgan fingerprint density at radius 2 is 2.09 bits per heavy atom. The molecule has 0 atom stereocenters. The molecule has 3 heteroatoms. The number of hydrogen-bond donors (Lipinski definition) is 0. The van der Waals surface area contributed by atoms with Crippen LogP contribution in [0.2, 0.25) is 0 Å². The highest BCUT2D eigenvalue weighted by Crippen LogP contribution is 2.19. The highest BCUT2D eigenvalue weighted by Gasteiger charge is 2.28. The second-order valence-electron chi connectivity index (χ2n) is 2.27. The van der Waals surface area contributed by atoms with E-state index in [1.165, 1.54) is 0 Å². The Labute approximate surface area is 64.3 Å². The van der Waals surface area contributed by atoms with Gasteiger partial charge in [-0.1, -0.05) is 6.08 Å². The van der Waals surface area contributed by atoms with Crippen molar-refractivity contribution >= 4 is 11.9 Å². The summed E-state index contributed by atoms with van der Waals surface area (Å²) < 4.78 is 4.34. The SMILES string of the molecule is C=CCC1=C(C)C(=O)OC1=O. The minimum atomic E-state index is -0.535. The Bertz CT molecular complexity index is 261. The summed E-state index contributed by atoms with van der Waals surface area (Å²) in [4.78, 5) is 21.6. The van der Waals surface area contributed by atoms with Gasteiger partial charge in [0.25, 0.3) is 0 Å². The normalized spacial score (nSPS) is 17.2. The van der Waals surface area contributed by atoms with Crippen molar-refractivity contribution in [3.63, 3.8) is 0 Å². The van der Waals surface area contributed by atoms with Gasteiger partial charge in [-0.15, -0.1) is 6.58 Å². The van der Waals surface area contributed by atoms with Gasteiger partial charge in [0.05, 0.1) is 5.57 Å². The topological polar surface area (TPSA) is 43.4 Å². The van der Waals surface area contributed by atoms with Crippen molar-refractivity contribution in [1.29, 1.82) is 0 Å². The molecule has 11 heavy (non-hydrogen) atoms. The highest BCUT2D eigenvalue weighted by molar-refractivity contribution is 6.12. The van der Waals surface area contributed by atoms with E-state index in [1.807, 2.05) is 0 Å². The fourth-order valence-corrected chi connectivity index (χ4v) is 0.879. The molecular formula is C8H8O3. The summed E-state index contributed by atoms with van der Waals surface area (Å²) >= 11 is 0. The molecule has 1 aliphatic heterocycles. The maximum Gasteiger partial charge on any atom is 0.342 e. The third-order valence-corrected chi connectivity index (χ3v) is 1.54. The van der Waals surface area contributed by atoms with Crippen molar-refractivity contribution in [2.24, 2.45) is 0 Å². The van der Waals surface area contributed by atoms with Gasteiger partial charge in [-0.25, -0.2) is 9.59 Å². The van der Waals surface area contributed by atoms with E-state index in [1.54, 1.807) is 13.0 Å². The van der Waals surface area contributed by atoms with Gasteiger partial charge in [0.15, 0.2) is 0 Å². The van der Waals surface area contributed by atoms with Crippen molar-refractivity contribution in [2.45, 2.75) is 13.3 Å². The summed E-state index contributed by atoms with van der Waals surface area (Å²) in [6, 6.07) is 0. The molecule has 0 N–H and O–H groups in total. The Morgan fingerprint density at radius 3 is 2.45 bits per heavy atom. The van der Waals surface area contributed by atoms with Crippen LogP contribution in [0.3, 0.4) is 0 Å². The molecule has 1 rings (SSSR count). The lowest BCUT2D eigenvalue weighted by Crippen LogP contribution is -2.01. The number of rotatable bonds is 2. The standard InChI is InChI=1S/C8H8O3/c1-3-4-6-5(2)7(9)11-8(6)10/h3H,1,4H2,2H3. The molecule has 0 aromatic rings. The lowest BCUT2D eigenvalue weighted by molar-refractivity contribution is -0.151. The smallest absolute Gasteiger partial charge is 0.342 e. The Kier molecular flexibility index (Phi) is 1.89. The molecule has 0 fully saturated rings. The van der Waals surface area contributed by atoms with Gasteiger partial charge in [-0.05, 0) is 13.3 Å². The Balaban J connectivity index is 2.96. The first kappa shape index (κ1) is 7.72. The van der Waals surface area contributed by atoms with Crippen LogP contribution in [0.4, 0.5) is 0 Å². The van der Waals surface area contributed by atoms with Gasteiger partial charge >= 0.3 is 11.9 Å². The van der Waals surface area contributed by atoms with Crippen LogP contribution < -0.4 is 0 Å². The van der Waals surface area contributed by atoms with Gasteiger partial charge in [0.1, 0.15) is 0 Å². The van der Waals surface area contributed by atoms with Crippen molar-refractivity contribution in [3.8, 4) is 0 Å². The van der Waals surface area contributed by atoms with Crippen molar-refractivity contribution < 1.29 is 14.3 Å². The second-order valence-corrected chi connectivity index (χ2v) is 2.27. The van der Waals surface area contributed by atoms with E-state index >= 15 is 0 Å². The van der Waals surface area contributed by atoms with Gasteiger partial charge in [0, 0.05) is 5.57 Å². The number of allylic oxidation sites excluding steroid dienone is 1. The quantitative estimate of drug-likeness (QED) is 0.336. The van der Waals surface area contributed by atoms with E-state index in [0.29, 0.717) is 17.6 Å². The van der Waals surface area contributed by atoms with Crippen LogP contribution in [0.5, 0.6) is 0 Å². The van der Waals surface area contributed by atoms with Crippen LogP contribution in [-0.2, 0) is 14.3 Å². The van der Waals surface area contributed by atoms with Crippen molar-refractivity contribution in [2.75, 3.05) is 0 Å². The summed E-state index contributed by atoms with van der Waals surface area (Å²) in [6.07, 6.45) is 1.97. The predicted molar refractivity (Wildman–Crippen MR) is 38.6 cm³/mol. The monoisotopic (exact) mass is 152 g/mol. The molecule has 0 saturated carbocycles. The summed E-state index contributed by atoms with van der Waals surface area (Å²) in [7, 11) is 0. The lowest BCUT2D eigenvalue weighted by Gasteiger charge is -1.90. The molecule has 0 aromatic carbocycles. The molecule has 0 radical (unpaired) electrons. The molecule has 0 unspecified atom stereocenters. The van der Waals surface area contributed by atoms with Gasteiger partial charge in [-0.2, -0.15) is 0 Å². The first-order chi connectivity index (χ1) is 5.16. The maximum atomic E-state index is 10.8. The van der Waals surface area contributed by atoms with Gasteiger partial charge in [0.2, 0.25) is 0 Å². The molecule has 0 bridgehead atoms. The van der Waals surface area contributed by atoms with Crippen LogP contribution in [0.1, 0.15) is 13.3 Å². The molecule has 58 valence electrons. The highest BCUT2D eigenvalue weighted by atomic mass is 16.6. The number of cyclic esters (lactones) is 2. The van der Waals surface area contributed by atoms with E-state index in [-0.39, 0.29) is 0 Å². The molecule has 3 nitrogen and oxygen atoms in total. The van der Waals surface area contributed by atoms with E-state index in [0.717, 1.165) is 0 Å². The zero-order chi connectivity index (χ0) is 8.43. The summed E-state index contributed by atoms with van der Waals surface area (Å²) in [5.41, 5.74) is 0.819. The zero-order valence-corrected chi connectivity index (χ0v) is 6.22. The molecule has 0 saturated heterocycles. The predicted octanol–water partition coefficient (Wildman–Crippen LogP) is 0.962. The molecule has 1 aliphatic rings. The van der Waals surface area contributed by atoms with E-state index < -0.39 is 11.9 Å². The summed E-state index contributed by atoms with van der Waals surface area (Å²) in [6.45, 7) is 5.04. The van der Waals surface area contributed by atoms with E-state index in [2.05, 4.69) is 11.3 Å². The first-order valence-electron chi connectivity index (χ1n) is 3.24. The summed E-state index contributed by atoms with van der Waals surface area (Å²) in [5, 5.41) is 0. The number of hydrogen-bond acceptors (Lipinski definition) is 3.